The number of carbonyl (C=O) groups is 2. The fourth-order valence-electron chi connectivity index (χ4n) is 2.34. The summed E-state index contributed by atoms with van der Waals surface area (Å²) in [6.07, 6.45) is 0.582. The molecule has 0 aromatic heterocycles. The standard InChI is InChI=1S/C19H20N2O6/c1-13-3-9-16(17(11-13)21(24)25)20-18(22)12-27-19(23)10-6-14-4-7-15(26-2)8-5-14/h3-5,7-9,11H,6,10,12H2,1-2H3,(H,20,22). The van der Waals surface area contributed by atoms with Crippen LogP contribution in [0.3, 0.4) is 0 Å². The fraction of sp³-hybridized carbons (Fsp3) is 0.263. The van der Waals surface area contributed by atoms with Crippen molar-refractivity contribution in [1.82, 2.24) is 0 Å². The van der Waals surface area contributed by atoms with Gasteiger partial charge in [0.05, 0.1) is 12.0 Å². The molecular formula is C19H20N2O6. The van der Waals surface area contributed by atoms with Crippen molar-refractivity contribution in [3.05, 3.63) is 63.7 Å². The van der Waals surface area contributed by atoms with Gasteiger partial charge in [-0.2, -0.15) is 0 Å². The number of nitro groups is 1. The van der Waals surface area contributed by atoms with Crippen LogP contribution in [0.25, 0.3) is 0 Å². The summed E-state index contributed by atoms with van der Waals surface area (Å²) >= 11 is 0. The first-order valence-corrected chi connectivity index (χ1v) is 8.22. The summed E-state index contributed by atoms with van der Waals surface area (Å²) in [5.74, 6) is -0.442. The first-order chi connectivity index (χ1) is 12.9. The Morgan fingerprint density at radius 1 is 1.15 bits per heavy atom. The zero-order chi connectivity index (χ0) is 19.8. The average Bonchev–Trinajstić information content (AvgIpc) is 2.66. The van der Waals surface area contributed by atoms with Crippen molar-refractivity contribution in [2.24, 2.45) is 0 Å². The van der Waals surface area contributed by atoms with Gasteiger partial charge in [-0.15, -0.1) is 0 Å². The Morgan fingerprint density at radius 2 is 1.85 bits per heavy atom. The highest BCUT2D eigenvalue weighted by atomic mass is 16.6. The molecule has 8 heteroatoms. The summed E-state index contributed by atoms with van der Waals surface area (Å²) in [5, 5.41) is 13.4. The van der Waals surface area contributed by atoms with Gasteiger partial charge in [-0.1, -0.05) is 18.2 Å². The second-order valence-electron chi connectivity index (χ2n) is 5.83. The molecule has 0 bridgehead atoms. The molecule has 0 saturated heterocycles. The maximum absolute atomic E-state index is 11.9. The van der Waals surface area contributed by atoms with E-state index in [-0.39, 0.29) is 17.8 Å². The lowest BCUT2D eigenvalue weighted by molar-refractivity contribution is -0.384. The number of hydrogen-bond donors (Lipinski definition) is 1. The summed E-state index contributed by atoms with van der Waals surface area (Å²) in [6, 6.07) is 11.7. The Bertz CT molecular complexity index is 833. The van der Waals surface area contributed by atoms with Crippen molar-refractivity contribution in [2.45, 2.75) is 19.8 Å². The Kier molecular flexibility index (Phi) is 6.87. The van der Waals surface area contributed by atoms with Gasteiger partial charge in [0.25, 0.3) is 11.6 Å². The summed E-state index contributed by atoms with van der Waals surface area (Å²) < 4.78 is 9.98. The van der Waals surface area contributed by atoms with Gasteiger partial charge in [0.15, 0.2) is 6.61 Å². The molecule has 0 heterocycles. The molecule has 27 heavy (non-hydrogen) atoms. The lowest BCUT2D eigenvalue weighted by Crippen LogP contribution is -2.21. The normalized spacial score (nSPS) is 10.1. The monoisotopic (exact) mass is 372 g/mol. The van der Waals surface area contributed by atoms with Gasteiger partial charge in [0.1, 0.15) is 11.4 Å². The third-order valence-corrected chi connectivity index (χ3v) is 3.77. The van der Waals surface area contributed by atoms with Gasteiger partial charge in [0, 0.05) is 12.5 Å². The van der Waals surface area contributed by atoms with Crippen LogP contribution in [-0.4, -0.2) is 30.5 Å². The number of rotatable bonds is 8. The van der Waals surface area contributed by atoms with Crippen LogP contribution in [0.4, 0.5) is 11.4 Å². The van der Waals surface area contributed by atoms with Crippen LogP contribution in [0.1, 0.15) is 17.5 Å². The van der Waals surface area contributed by atoms with E-state index in [1.165, 1.54) is 12.1 Å². The van der Waals surface area contributed by atoms with Crippen molar-refractivity contribution < 1.29 is 24.0 Å². The number of nitrogens with one attached hydrogen (secondary N) is 1. The van der Waals surface area contributed by atoms with Crippen LogP contribution in [0.15, 0.2) is 42.5 Å². The van der Waals surface area contributed by atoms with Crippen LogP contribution in [0, 0.1) is 17.0 Å². The molecule has 0 spiro atoms. The van der Waals surface area contributed by atoms with E-state index in [9.17, 15) is 19.7 Å². The lowest BCUT2D eigenvalue weighted by Gasteiger charge is -2.08. The lowest BCUT2D eigenvalue weighted by atomic mass is 10.1. The number of methoxy groups -OCH3 is 1. The molecule has 0 aliphatic carbocycles. The Morgan fingerprint density at radius 3 is 2.48 bits per heavy atom. The molecule has 8 nitrogen and oxygen atoms in total. The minimum Gasteiger partial charge on any atom is -0.497 e. The van der Waals surface area contributed by atoms with E-state index in [2.05, 4.69) is 5.32 Å². The van der Waals surface area contributed by atoms with Crippen molar-refractivity contribution in [1.29, 1.82) is 0 Å². The van der Waals surface area contributed by atoms with E-state index in [1.807, 2.05) is 12.1 Å². The number of aryl methyl sites for hydroxylation is 2. The zero-order valence-electron chi connectivity index (χ0n) is 15.1. The maximum Gasteiger partial charge on any atom is 0.306 e. The van der Waals surface area contributed by atoms with Crippen molar-refractivity contribution in [3.63, 3.8) is 0 Å². The van der Waals surface area contributed by atoms with Crippen LogP contribution in [0.2, 0.25) is 0 Å². The van der Waals surface area contributed by atoms with Crippen molar-refractivity contribution >= 4 is 23.3 Å². The van der Waals surface area contributed by atoms with Gasteiger partial charge in [-0.3, -0.25) is 19.7 Å². The second-order valence-corrected chi connectivity index (χ2v) is 5.83. The van der Waals surface area contributed by atoms with E-state index in [4.69, 9.17) is 9.47 Å². The SMILES string of the molecule is COc1ccc(CCC(=O)OCC(=O)Nc2ccc(C)cc2[N+](=O)[O-])cc1. The second kappa shape index (κ2) is 9.33. The minimum atomic E-state index is -0.639. The van der Waals surface area contributed by atoms with Crippen molar-refractivity contribution in [2.75, 3.05) is 19.0 Å². The summed E-state index contributed by atoms with van der Waals surface area (Å²) in [6.45, 7) is 1.20. The largest absolute Gasteiger partial charge is 0.497 e. The van der Waals surface area contributed by atoms with Crippen LogP contribution < -0.4 is 10.1 Å². The highest BCUT2D eigenvalue weighted by Gasteiger charge is 2.16. The number of amides is 1. The van der Waals surface area contributed by atoms with E-state index < -0.39 is 23.4 Å². The number of nitrogens with zero attached hydrogens (tertiary/aromatic N) is 1. The number of hydrogen-bond acceptors (Lipinski definition) is 6. The van der Waals surface area contributed by atoms with Gasteiger partial charge in [-0.05, 0) is 42.7 Å². The summed E-state index contributed by atoms with van der Waals surface area (Å²) in [4.78, 5) is 34.1. The predicted octanol–water partition coefficient (Wildman–Crippen LogP) is 3.03. The molecule has 1 amide bonds. The minimum absolute atomic E-state index is 0.0601. The van der Waals surface area contributed by atoms with Gasteiger partial charge >= 0.3 is 5.97 Å². The molecule has 2 aromatic rings. The Labute approximate surface area is 156 Å². The van der Waals surface area contributed by atoms with E-state index in [0.717, 1.165) is 11.3 Å². The number of ether oxygens (including phenoxy) is 2. The third kappa shape index (κ3) is 6.10. The summed E-state index contributed by atoms with van der Waals surface area (Å²) in [5.41, 5.74) is 1.48. The first kappa shape index (κ1) is 19.9. The first-order valence-electron chi connectivity index (χ1n) is 8.22. The Balaban J connectivity index is 1.81. The van der Waals surface area contributed by atoms with Crippen LogP contribution in [0.5, 0.6) is 5.75 Å². The fourth-order valence-corrected chi connectivity index (χ4v) is 2.34. The molecule has 0 atom stereocenters. The highest BCUT2D eigenvalue weighted by molar-refractivity contribution is 5.94. The van der Waals surface area contributed by atoms with Gasteiger partial charge in [0.2, 0.25) is 0 Å². The smallest absolute Gasteiger partial charge is 0.306 e. The number of anilines is 1. The van der Waals surface area contributed by atoms with Crippen LogP contribution in [-0.2, 0) is 20.7 Å². The molecule has 0 aliphatic rings. The molecule has 2 rings (SSSR count). The molecule has 0 fully saturated rings. The maximum atomic E-state index is 11.9. The number of carbonyl (C=O) groups excluding carboxylic acids is 2. The molecule has 0 unspecified atom stereocenters. The predicted molar refractivity (Wildman–Crippen MR) is 98.7 cm³/mol. The number of nitro benzene ring substituents is 1. The number of esters is 1. The molecule has 1 N–H and O–H groups in total. The van der Waals surface area contributed by atoms with Crippen LogP contribution >= 0.6 is 0 Å². The molecule has 0 aliphatic heterocycles. The zero-order valence-corrected chi connectivity index (χ0v) is 15.1. The molecule has 2 aromatic carbocycles. The Hall–Kier alpha value is -3.42. The summed E-state index contributed by atoms with van der Waals surface area (Å²) in [7, 11) is 1.57. The highest BCUT2D eigenvalue weighted by Crippen LogP contribution is 2.25. The molecular weight excluding hydrogens is 352 g/mol. The quantitative estimate of drug-likeness (QED) is 0.433. The third-order valence-electron chi connectivity index (χ3n) is 3.77. The van der Waals surface area contributed by atoms with E-state index in [0.29, 0.717) is 12.0 Å². The topological polar surface area (TPSA) is 108 Å². The molecule has 142 valence electrons. The van der Waals surface area contributed by atoms with E-state index >= 15 is 0 Å². The van der Waals surface area contributed by atoms with Crippen molar-refractivity contribution in [3.8, 4) is 5.75 Å². The molecule has 0 saturated carbocycles. The van der Waals surface area contributed by atoms with Gasteiger partial charge in [-0.25, -0.2) is 0 Å². The number of benzene rings is 2. The average molecular weight is 372 g/mol. The van der Waals surface area contributed by atoms with E-state index in [1.54, 1.807) is 32.2 Å². The molecule has 0 radical (unpaired) electrons. The van der Waals surface area contributed by atoms with Gasteiger partial charge < -0.3 is 14.8 Å².